The molecule has 0 aromatic heterocycles. The van der Waals surface area contributed by atoms with Gasteiger partial charge in [0, 0.05) is 16.8 Å². The minimum absolute atomic E-state index is 0.307. The van der Waals surface area contributed by atoms with Crippen LogP contribution in [0.4, 0.5) is 5.69 Å². The van der Waals surface area contributed by atoms with Crippen molar-refractivity contribution >= 4 is 17.5 Å². The molecule has 0 aliphatic carbocycles. The van der Waals surface area contributed by atoms with Gasteiger partial charge in [0.2, 0.25) is 5.91 Å². The molecule has 0 heterocycles. The molecule has 0 saturated heterocycles. The molecule has 0 unspecified atom stereocenters. The number of carbonyl (C=O) groups is 2. The van der Waals surface area contributed by atoms with Crippen LogP contribution in [0.3, 0.4) is 0 Å². The number of anilines is 1. The van der Waals surface area contributed by atoms with E-state index in [1.165, 1.54) is 6.07 Å². The quantitative estimate of drug-likeness (QED) is 0.901. The fourth-order valence-corrected chi connectivity index (χ4v) is 1.94. The molecule has 104 valence electrons. The molecule has 21 heavy (non-hydrogen) atoms. The Kier molecular flexibility index (Phi) is 4.00. The third kappa shape index (κ3) is 3.25. The lowest BCUT2D eigenvalue weighted by molar-refractivity contribution is 0.0996. The zero-order valence-corrected chi connectivity index (χ0v) is 11.4. The smallest absolute Gasteiger partial charge is 0.255 e. The van der Waals surface area contributed by atoms with Gasteiger partial charge in [-0.15, -0.1) is 0 Å². The van der Waals surface area contributed by atoms with Crippen LogP contribution in [0.25, 0.3) is 0 Å². The highest BCUT2D eigenvalue weighted by molar-refractivity contribution is 6.06. The molecule has 5 nitrogen and oxygen atoms in total. The summed E-state index contributed by atoms with van der Waals surface area (Å²) in [5, 5.41) is 11.5. The van der Waals surface area contributed by atoms with Crippen LogP contribution >= 0.6 is 0 Å². The van der Waals surface area contributed by atoms with E-state index in [1.807, 2.05) is 6.07 Å². The summed E-state index contributed by atoms with van der Waals surface area (Å²) in [7, 11) is 0. The van der Waals surface area contributed by atoms with Gasteiger partial charge in [0.15, 0.2) is 0 Å². The maximum Gasteiger partial charge on any atom is 0.255 e. The minimum Gasteiger partial charge on any atom is -0.366 e. The predicted octanol–water partition coefficient (Wildman–Crippen LogP) is 2.22. The van der Waals surface area contributed by atoms with E-state index in [9.17, 15) is 9.59 Å². The monoisotopic (exact) mass is 279 g/mol. The van der Waals surface area contributed by atoms with E-state index in [2.05, 4.69) is 5.32 Å². The van der Waals surface area contributed by atoms with Crippen LogP contribution < -0.4 is 11.1 Å². The van der Waals surface area contributed by atoms with Crippen LogP contribution in [0.1, 0.15) is 31.8 Å². The SMILES string of the molecule is Cc1cc(C#N)ccc1C(=O)Nc1cccc(C(N)=O)c1. The van der Waals surface area contributed by atoms with E-state index in [4.69, 9.17) is 11.0 Å². The third-order valence-electron chi connectivity index (χ3n) is 3.01. The van der Waals surface area contributed by atoms with Crippen molar-refractivity contribution in [3.8, 4) is 6.07 Å². The number of nitrogens with one attached hydrogen (secondary N) is 1. The number of amides is 2. The Hall–Kier alpha value is -3.13. The molecule has 3 N–H and O–H groups in total. The Balaban J connectivity index is 2.24. The summed E-state index contributed by atoms with van der Waals surface area (Å²) in [5.74, 6) is -0.862. The number of hydrogen-bond acceptors (Lipinski definition) is 3. The normalized spacial score (nSPS) is 9.71. The second-order valence-corrected chi connectivity index (χ2v) is 4.54. The number of primary amides is 1. The van der Waals surface area contributed by atoms with Crippen molar-refractivity contribution in [1.29, 1.82) is 5.26 Å². The van der Waals surface area contributed by atoms with Gasteiger partial charge in [0.1, 0.15) is 0 Å². The molecule has 5 heteroatoms. The number of hydrogen-bond donors (Lipinski definition) is 2. The fourth-order valence-electron chi connectivity index (χ4n) is 1.94. The van der Waals surface area contributed by atoms with Gasteiger partial charge in [-0.05, 0) is 48.9 Å². The molecule has 0 aliphatic rings. The first-order valence-corrected chi connectivity index (χ1v) is 6.23. The van der Waals surface area contributed by atoms with Crippen LogP contribution in [0.5, 0.6) is 0 Å². The van der Waals surface area contributed by atoms with E-state index in [0.29, 0.717) is 27.9 Å². The molecule has 2 aromatic carbocycles. The first kappa shape index (κ1) is 14.3. The Morgan fingerprint density at radius 2 is 1.95 bits per heavy atom. The molecule has 2 rings (SSSR count). The zero-order valence-electron chi connectivity index (χ0n) is 11.4. The van der Waals surface area contributed by atoms with Crippen molar-refractivity contribution in [2.24, 2.45) is 5.73 Å². The highest BCUT2D eigenvalue weighted by atomic mass is 16.2. The van der Waals surface area contributed by atoms with Crippen LogP contribution in [-0.4, -0.2) is 11.8 Å². The second-order valence-electron chi connectivity index (χ2n) is 4.54. The van der Waals surface area contributed by atoms with Crippen LogP contribution in [0, 0.1) is 18.3 Å². The van der Waals surface area contributed by atoms with Crippen molar-refractivity contribution in [1.82, 2.24) is 0 Å². The van der Waals surface area contributed by atoms with Gasteiger partial charge in [0.25, 0.3) is 5.91 Å². The lowest BCUT2D eigenvalue weighted by atomic mass is 10.0. The first-order chi connectivity index (χ1) is 10.0. The van der Waals surface area contributed by atoms with Crippen molar-refractivity contribution in [3.63, 3.8) is 0 Å². The van der Waals surface area contributed by atoms with Gasteiger partial charge in [-0.2, -0.15) is 5.26 Å². The van der Waals surface area contributed by atoms with Gasteiger partial charge in [0.05, 0.1) is 11.6 Å². The molecular formula is C16H13N3O2. The average Bonchev–Trinajstić information content (AvgIpc) is 2.47. The topological polar surface area (TPSA) is 96.0 Å². The maximum atomic E-state index is 12.2. The van der Waals surface area contributed by atoms with Crippen molar-refractivity contribution in [2.75, 3.05) is 5.32 Å². The lowest BCUT2D eigenvalue weighted by Gasteiger charge is -2.08. The minimum atomic E-state index is -0.555. The average molecular weight is 279 g/mol. The van der Waals surface area contributed by atoms with Crippen LogP contribution in [0.15, 0.2) is 42.5 Å². The number of aryl methyl sites for hydroxylation is 1. The zero-order chi connectivity index (χ0) is 15.4. The standard InChI is InChI=1S/C16H13N3O2/c1-10-7-11(9-17)5-6-14(10)16(21)19-13-4-2-3-12(8-13)15(18)20/h2-8H,1H3,(H2,18,20)(H,19,21). The van der Waals surface area contributed by atoms with E-state index in [-0.39, 0.29) is 5.91 Å². The molecule has 2 amide bonds. The van der Waals surface area contributed by atoms with E-state index in [0.717, 1.165) is 0 Å². The first-order valence-electron chi connectivity index (χ1n) is 6.23. The predicted molar refractivity (Wildman–Crippen MR) is 78.8 cm³/mol. The molecular weight excluding hydrogens is 266 g/mol. The number of nitrogens with zero attached hydrogens (tertiary/aromatic N) is 1. The molecule has 0 saturated carbocycles. The lowest BCUT2D eigenvalue weighted by Crippen LogP contribution is -2.15. The molecule has 0 aliphatic heterocycles. The Morgan fingerprint density at radius 3 is 2.57 bits per heavy atom. The summed E-state index contributed by atoms with van der Waals surface area (Å²) in [4.78, 5) is 23.3. The Morgan fingerprint density at radius 1 is 1.19 bits per heavy atom. The number of carbonyl (C=O) groups excluding carboxylic acids is 2. The van der Waals surface area contributed by atoms with Crippen molar-refractivity contribution < 1.29 is 9.59 Å². The highest BCUT2D eigenvalue weighted by Gasteiger charge is 2.10. The summed E-state index contributed by atoms with van der Waals surface area (Å²) in [5.41, 5.74) is 7.68. The summed E-state index contributed by atoms with van der Waals surface area (Å²) in [6.07, 6.45) is 0. The van der Waals surface area contributed by atoms with E-state index >= 15 is 0 Å². The summed E-state index contributed by atoms with van der Waals surface area (Å²) < 4.78 is 0. The third-order valence-corrected chi connectivity index (χ3v) is 3.01. The van der Waals surface area contributed by atoms with Gasteiger partial charge in [-0.3, -0.25) is 9.59 Å². The van der Waals surface area contributed by atoms with Gasteiger partial charge < -0.3 is 11.1 Å². The summed E-state index contributed by atoms with van der Waals surface area (Å²) >= 11 is 0. The fraction of sp³-hybridized carbons (Fsp3) is 0.0625. The largest absolute Gasteiger partial charge is 0.366 e. The maximum absolute atomic E-state index is 12.2. The summed E-state index contributed by atoms with van der Waals surface area (Å²) in [6, 6.07) is 13.2. The van der Waals surface area contributed by atoms with Crippen molar-refractivity contribution in [2.45, 2.75) is 6.92 Å². The van der Waals surface area contributed by atoms with Gasteiger partial charge in [-0.25, -0.2) is 0 Å². The number of nitriles is 1. The number of benzene rings is 2. The van der Waals surface area contributed by atoms with E-state index in [1.54, 1.807) is 43.3 Å². The van der Waals surface area contributed by atoms with E-state index < -0.39 is 5.91 Å². The van der Waals surface area contributed by atoms with Gasteiger partial charge >= 0.3 is 0 Å². The Bertz CT molecular complexity index is 760. The van der Waals surface area contributed by atoms with Gasteiger partial charge in [-0.1, -0.05) is 6.07 Å². The molecule has 2 aromatic rings. The number of rotatable bonds is 3. The summed E-state index contributed by atoms with van der Waals surface area (Å²) in [6.45, 7) is 1.76. The van der Waals surface area contributed by atoms with Crippen LogP contribution in [-0.2, 0) is 0 Å². The highest BCUT2D eigenvalue weighted by Crippen LogP contribution is 2.15. The molecule has 0 atom stereocenters. The van der Waals surface area contributed by atoms with Crippen LogP contribution in [0.2, 0.25) is 0 Å². The van der Waals surface area contributed by atoms with Crippen molar-refractivity contribution in [3.05, 3.63) is 64.7 Å². The Labute approximate surface area is 122 Å². The molecule has 0 spiro atoms. The molecule has 0 bridgehead atoms. The molecule has 0 fully saturated rings. The second kappa shape index (κ2) is 5.88. The molecule has 0 radical (unpaired) electrons. The number of nitrogens with two attached hydrogens (primary N) is 1.